The second-order valence-corrected chi connectivity index (χ2v) is 2.94. The molecule has 0 aromatic heterocycles. The van der Waals surface area contributed by atoms with Crippen LogP contribution in [0.5, 0.6) is 5.75 Å². The van der Waals surface area contributed by atoms with E-state index in [-0.39, 0.29) is 5.56 Å². The molecular formula is C9H8F4O. The first-order valence-corrected chi connectivity index (χ1v) is 3.82. The summed E-state index contributed by atoms with van der Waals surface area (Å²) in [5.41, 5.74) is 0.675. The van der Waals surface area contributed by atoms with E-state index in [1.54, 1.807) is 6.92 Å². The molecule has 0 saturated heterocycles. The van der Waals surface area contributed by atoms with Crippen molar-refractivity contribution in [2.45, 2.75) is 20.2 Å². The summed E-state index contributed by atoms with van der Waals surface area (Å²) in [4.78, 5) is 0. The molecule has 0 atom stereocenters. The lowest BCUT2D eigenvalue weighted by molar-refractivity contribution is -0.275. The topological polar surface area (TPSA) is 9.23 Å². The van der Waals surface area contributed by atoms with Crippen LogP contribution >= 0.6 is 0 Å². The predicted molar refractivity (Wildman–Crippen MR) is 42.6 cm³/mol. The summed E-state index contributed by atoms with van der Waals surface area (Å²) in [6.07, 6.45) is -4.86. The first-order chi connectivity index (χ1) is 6.29. The van der Waals surface area contributed by atoms with E-state index < -0.39 is 17.9 Å². The van der Waals surface area contributed by atoms with E-state index in [1.165, 1.54) is 13.0 Å². The van der Waals surface area contributed by atoms with Gasteiger partial charge in [0.2, 0.25) is 0 Å². The van der Waals surface area contributed by atoms with E-state index in [1.807, 2.05) is 0 Å². The van der Waals surface area contributed by atoms with Crippen LogP contribution in [0.3, 0.4) is 0 Å². The monoisotopic (exact) mass is 208 g/mol. The number of hydrogen-bond acceptors (Lipinski definition) is 1. The summed E-state index contributed by atoms with van der Waals surface area (Å²) in [5.74, 6) is -1.76. The minimum Gasteiger partial charge on any atom is -0.402 e. The molecule has 0 amide bonds. The van der Waals surface area contributed by atoms with Crippen molar-refractivity contribution in [3.63, 3.8) is 0 Å². The third kappa shape index (κ3) is 2.61. The molecule has 78 valence electrons. The quantitative estimate of drug-likeness (QED) is 0.643. The molecule has 0 aliphatic rings. The number of benzene rings is 1. The van der Waals surface area contributed by atoms with E-state index in [2.05, 4.69) is 4.74 Å². The van der Waals surface area contributed by atoms with Crippen molar-refractivity contribution in [1.82, 2.24) is 0 Å². The lowest BCUT2D eigenvalue weighted by Gasteiger charge is -2.12. The van der Waals surface area contributed by atoms with Gasteiger partial charge in [-0.05, 0) is 31.0 Å². The number of rotatable bonds is 1. The Morgan fingerprint density at radius 1 is 1.14 bits per heavy atom. The van der Waals surface area contributed by atoms with Gasteiger partial charge >= 0.3 is 6.36 Å². The van der Waals surface area contributed by atoms with E-state index in [9.17, 15) is 17.6 Å². The van der Waals surface area contributed by atoms with Crippen LogP contribution in [0.2, 0.25) is 0 Å². The van der Waals surface area contributed by atoms with Gasteiger partial charge < -0.3 is 4.74 Å². The maximum absolute atomic E-state index is 13.0. The largest absolute Gasteiger partial charge is 0.573 e. The van der Waals surface area contributed by atoms with Crippen LogP contribution in [-0.4, -0.2) is 6.36 Å². The average molecular weight is 208 g/mol. The molecule has 0 radical (unpaired) electrons. The summed E-state index contributed by atoms with van der Waals surface area (Å²) < 4.78 is 52.0. The number of alkyl halides is 3. The Balaban J connectivity index is 3.09. The van der Waals surface area contributed by atoms with Gasteiger partial charge in [0, 0.05) is 0 Å². The van der Waals surface area contributed by atoms with Gasteiger partial charge in [-0.3, -0.25) is 0 Å². The number of ether oxygens (including phenoxy) is 1. The van der Waals surface area contributed by atoms with Crippen molar-refractivity contribution in [1.29, 1.82) is 0 Å². The van der Waals surface area contributed by atoms with Crippen LogP contribution in [0.25, 0.3) is 0 Å². The Hall–Kier alpha value is -1.26. The molecule has 0 bridgehead atoms. The lowest BCUT2D eigenvalue weighted by Crippen LogP contribution is -2.18. The first kappa shape index (κ1) is 10.8. The predicted octanol–water partition coefficient (Wildman–Crippen LogP) is 3.34. The molecule has 1 aromatic carbocycles. The van der Waals surface area contributed by atoms with E-state index in [0.29, 0.717) is 5.56 Å². The van der Waals surface area contributed by atoms with Crippen LogP contribution in [0.1, 0.15) is 11.1 Å². The standard InChI is InChI=1S/C9H8F4O/c1-5-3-6(2)8(7(10)4-5)14-9(11,12)13/h3-4H,1-2H3. The van der Waals surface area contributed by atoms with Gasteiger partial charge in [0.25, 0.3) is 0 Å². The van der Waals surface area contributed by atoms with Crippen LogP contribution in [0.4, 0.5) is 17.6 Å². The van der Waals surface area contributed by atoms with Crippen LogP contribution < -0.4 is 4.74 Å². The highest BCUT2D eigenvalue weighted by Crippen LogP contribution is 2.29. The molecule has 0 heterocycles. The fourth-order valence-corrected chi connectivity index (χ4v) is 1.15. The first-order valence-electron chi connectivity index (χ1n) is 3.82. The number of aryl methyl sites for hydroxylation is 2. The molecule has 0 saturated carbocycles. The fraction of sp³-hybridized carbons (Fsp3) is 0.333. The second kappa shape index (κ2) is 3.48. The maximum Gasteiger partial charge on any atom is 0.573 e. The summed E-state index contributed by atoms with van der Waals surface area (Å²) in [7, 11) is 0. The molecule has 0 aliphatic carbocycles. The zero-order valence-electron chi connectivity index (χ0n) is 7.57. The number of hydrogen-bond donors (Lipinski definition) is 0. The number of halogens is 4. The average Bonchev–Trinajstić information content (AvgIpc) is 1.95. The molecular weight excluding hydrogens is 200 g/mol. The molecule has 0 fully saturated rings. The Labute approximate surface area is 78.3 Å². The van der Waals surface area contributed by atoms with E-state index >= 15 is 0 Å². The van der Waals surface area contributed by atoms with Gasteiger partial charge in [-0.15, -0.1) is 13.2 Å². The second-order valence-electron chi connectivity index (χ2n) is 2.94. The highest BCUT2D eigenvalue weighted by molar-refractivity contribution is 5.37. The minimum atomic E-state index is -4.86. The molecule has 1 rings (SSSR count). The van der Waals surface area contributed by atoms with E-state index in [4.69, 9.17) is 0 Å². The van der Waals surface area contributed by atoms with Gasteiger partial charge in [0.05, 0.1) is 0 Å². The van der Waals surface area contributed by atoms with Crippen LogP contribution in [0.15, 0.2) is 12.1 Å². The Kier molecular flexibility index (Phi) is 2.69. The molecule has 1 nitrogen and oxygen atoms in total. The lowest BCUT2D eigenvalue weighted by atomic mass is 10.1. The van der Waals surface area contributed by atoms with Crippen molar-refractivity contribution in [3.05, 3.63) is 29.1 Å². The van der Waals surface area contributed by atoms with Gasteiger partial charge in [-0.2, -0.15) is 0 Å². The highest BCUT2D eigenvalue weighted by Gasteiger charge is 2.33. The summed E-state index contributed by atoms with van der Waals surface area (Å²) in [5, 5.41) is 0. The van der Waals surface area contributed by atoms with Gasteiger partial charge in [0.15, 0.2) is 11.6 Å². The summed E-state index contributed by atoms with van der Waals surface area (Å²) in [6.45, 7) is 2.95. The smallest absolute Gasteiger partial charge is 0.402 e. The van der Waals surface area contributed by atoms with E-state index in [0.717, 1.165) is 6.07 Å². The Morgan fingerprint density at radius 2 is 1.71 bits per heavy atom. The zero-order chi connectivity index (χ0) is 10.9. The van der Waals surface area contributed by atoms with Crippen LogP contribution in [0, 0.1) is 19.7 Å². The van der Waals surface area contributed by atoms with Gasteiger partial charge in [0.1, 0.15) is 0 Å². The molecule has 5 heteroatoms. The normalized spacial score (nSPS) is 11.6. The van der Waals surface area contributed by atoms with Gasteiger partial charge in [-0.1, -0.05) is 6.07 Å². The zero-order valence-corrected chi connectivity index (χ0v) is 7.57. The molecule has 0 unspecified atom stereocenters. The minimum absolute atomic E-state index is 0.125. The van der Waals surface area contributed by atoms with Crippen LogP contribution in [-0.2, 0) is 0 Å². The van der Waals surface area contributed by atoms with Crippen molar-refractivity contribution >= 4 is 0 Å². The molecule has 0 spiro atoms. The Bertz CT molecular complexity index is 320. The van der Waals surface area contributed by atoms with Crippen molar-refractivity contribution in [2.24, 2.45) is 0 Å². The van der Waals surface area contributed by atoms with Gasteiger partial charge in [-0.25, -0.2) is 4.39 Å². The maximum atomic E-state index is 13.0. The molecule has 1 aromatic rings. The third-order valence-corrected chi connectivity index (χ3v) is 1.59. The highest BCUT2D eigenvalue weighted by atomic mass is 19.4. The van der Waals surface area contributed by atoms with Crippen molar-refractivity contribution < 1.29 is 22.3 Å². The van der Waals surface area contributed by atoms with Crippen molar-refractivity contribution in [3.8, 4) is 5.75 Å². The Morgan fingerprint density at radius 3 is 2.14 bits per heavy atom. The fourth-order valence-electron chi connectivity index (χ4n) is 1.15. The summed E-state index contributed by atoms with van der Waals surface area (Å²) in [6, 6.07) is 2.41. The van der Waals surface area contributed by atoms with Crippen molar-refractivity contribution in [2.75, 3.05) is 0 Å². The SMILES string of the molecule is Cc1cc(C)c(OC(F)(F)F)c(F)c1. The molecule has 0 N–H and O–H groups in total. The summed E-state index contributed by atoms with van der Waals surface area (Å²) >= 11 is 0. The molecule has 14 heavy (non-hydrogen) atoms. The molecule has 0 aliphatic heterocycles. The third-order valence-electron chi connectivity index (χ3n) is 1.59.